The fourth-order valence-corrected chi connectivity index (χ4v) is 2.18. The molecule has 0 amide bonds. The van der Waals surface area contributed by atoms with Crippen molar-refractivity contribution in [2.45, 2.75) is 26.8 Å². The van der Waals surface area contributed by atoms with Crippen molar-refractivity contribution in [3.8, 4) is 17.3 Å². The monoisotopic (exact) mass is 258 g/mol. The van der Waals surface area contributed by atoms with Crippen LogP contribution in [0.2, 0.25) is 0 Å². The van der Waals surface area contributed by atoms with E-state index in [4.69, 9.17) is 11.0 Å². The summed E-state index contributed by atoms with van der Waals surface area (Å²) in [6.07, 6.45) is 0. The van der Waals surface area contributed by atoms with Crippen molar-refractivity contribution >= 4 is 5.82 Å². The molecule has 0 aliphatic heterocycles. The second-order valence-electron chi connectivity index (χ2n) is 4.66. The second-order valence-corrected chi connectivity index (χ2v) is 4.66. The molecule has 0 bridgehead atoms. The zero-order valence-corrected chi connectivity index (χ0v) is 11.1. The normalized spacial score (nSPS) is 10.7. The molecule has 0 fully saturated rings. The summed E-state index contributed by atoms with van der Waals surface area (Å²) in [5.74, 6) is 0.790. The molecule has 98 valence electrons. The molecule has 0 saturated carbocycles. The van der Waals surface area contributed by atoms with Crippen molar-refractivity contribution in [2.24, 2.45) is 0 Å². The Labute approximate surface area is 111 Å². The lowest BCUT2D eigenvalue weighted by Gasteiger charge is -2.11. The molecule has 0 spiro atoms. The van der Waals surface area contributed by atoms with Gasteiger partial charge in [-0.2, -0.15) is 5.26 Å². The number of benzene rings is 1. The molecule has 1 aromatic carbocycles. The molecule has 0 saturated heterocycles. The van der Waals surface area contributed by atoms with Gasteiger partial charge in [-0.15, -0.1) is 0 Å². The predicted molar refractivity (Wildman–Crippen MR) is 71.9 cm³/mol. The number of aromatic nitrogens is 2. The number of rotatable bonds is 2. The molecule has 0 unspecified atom stereocenters. The summed E-state index contributed by atoms with van der Waals surface area (Å²) in [7, 11) is 0. The van der Waals surface area contributed by atoms with E-state index < -0.39 is 5.82 Å². The van der Waals surface area contributed by atoms with Crippen molar-refractivity contribution in [1.29, 1.82) is 5.26 Å². The van der Waals surface area contributed by atoms with Gasteiger partial charge in [0.25, 0.3) is 0 Å². The summed E-state index contributed by atoms with van der Waals surface area (Å²) in [5.41, 5.74) is 7.32. The SMILES string of the molecule is Cc1nc(-c2ccc(F)c(C#N)c2)c(N)n1C(C)C. The van der Waals surface area contributed by atoms with E-state index in [1.54, 1.807) is 6.07 Å². The third kappa shape index (κ3) is 2.17. The van der Waals surface area contributed by atoms with Crippen LogP contribution in [0.25, 0.3) is 11.3 Å². The van der Waals surface area contributed by atoms with Gasteiger partial charge in [-0.1, -0.05) is 0 Å². The number of nitriles is 1. The molecule has 0 radical (unpaired) electrons. The van der Waals surface area contributed by atoms with E-state index in [2.05, 4.69) is 4.98 Å². The Morgan fingerprint density at radius 3 is 2.63 bits per heavy atom. The maximum Gasteiger partial charge on any atom is 0.140 e. The molecule has 1 aromatic heterocycles. The Morgan fingerprint density at radius 2 is 2.11 bits per heavy atom. The molecule has 2 rings (SSSR count). The topological polar surface area (TPSA) is 67.6 Å². The highest BCUT2D eigenvalue weighted by molar-refractivity contribution is 5.72. The molecule has 5 heteroatoms. The van der Waals surface area contributed by atoms with Crippen LogP contribution >= 0.6 is 0 Å². The van der Waals surface area contributed by atoms with Crippen LogP contribution in [0.3, 0.4) is 0 Å². The molecule has 4 nitrogen and oxygen atoms in total. The highest BCUT2D eigenvalue weighted by atomic mass is 19.1. The van der Waals surface area contributed by atoms with Gasteiger partial charge in [0, 0.05) is 11.6 Å². The van der Waals surface area contributed by atoms with Crippen molar-refractivity contribution in [3.05, 3.63) is 35.4 Å². The Hall–Kier alpha value is -2.35. The van der Waals surface area contributed by atoms with Gasteiger partial charge in [0.2, 0.25) is 0 Å². The van der Waals surface area contributed by atoms with E-state index in [0.29, 0.717) is 17.1 Å². The van der Waals surface area contributed by atoms with Crippen LogP contribution in [-0.2, 0) is 0 Å². The van der Waals surface area contributed by atoms with Crippen LogP contribution in [0, 0.1) is 24.1 Å². The van der Waals surface area contributed by atoms with Crippen molar-refractivity contribution in [3.63, 3.8) is 0 Å². The lowest BCUT2D eigenvalue weighted by Crippen LogP contribution is -2.07. The van der Waals surface area contributed by atoms with Gasteiger partial charge in [-0.05, 0) is 39.0 Å². The van der Waals surface area contributed by atoms with Gasteiger partial charge in [0.15, 0.2) is 0 Å². The molecule has 2 N–H and O–H groups in total. The molecule has 0 aliphatic carbocycles. The second kappa shape index (κ2) is 4.73. The number of hydrogen-bond acceptors (Lipinski definition) is 3. The Bertz CT molecular complexity index is 665. The van der Waals surface area contributed by atoms with Crippen LogP contribution in [0.4, 0.5) is 10.2 Å². The van der Waals surface area contributed by atoms with Crippen LogP contribution in [-0.4, -0.2) is 9.55 Å². The number of nitrogens with two attached hydrogens (primary N) is 1. The quantitative estimate of drug-likeness (QED) is 0.900. The highest BCUT2D eigenvalue weighted by Gasteiger charge is 2.16. The molecular weight excluding hydrogens is 243 g/mol. The molecular formula is C14H15FN4. The van der Waals surface area contributed by atoms with Gasteiger partial charge >= 0.3 is 0 Å². The van der Waals surface area contributed by atoms with Crippen LogP contribution in [0.15, 0.2) is 18.2 Å². The molecule has 0 aliphatic rings. The number of aryl methyl sites for hydroxylation is 1. The van der Waals surface area contributed by atoms with Crippen molar-refractivity contribution in [2.75, 3.05) is 5.73 Å². The van der Waals surface area contributed by atoms with Crippen molar-refractivity contribution < 1.29 is 4.39 Å². The highest BCUT2D eigenvalue weighted by Crippen LogP contribution is 2.29. The first-order chi connectivity index (χ1) is 8.95. The summed E-state index contributed by atoms with van der Waals surface area (Å²) in [4.78, 5) is 4.41. The minimum Gasteiger partial charge on any atom is -0.383 e. The van der Waals surface area contributed by atoms with Gasteiger partial charge < -0.3 is 10.3 Å². The fraction of sp³-hybridized carbons (Fsp3) is 0.286. The maximum absolute atomic E-state index is 13.3. The molecule has 2 aromatic rings. The maximum atomic E-state index is 13.3. The first-order valence-corrected chi connectivity index (χ1v) is 6.00. The smallest absolute Gasteiger partial charge is 0.140 e. The minimum absolute atomic E-state index is 0.00588. The summed E-state index contributed by atoms with van der Waals surface area (Å²) in [5, 5.41) is 8.86. The number of anilines is 1. The zero-order valence-electron chi connectivity index (χ0n) is 11.1. The van der Waals surface area contributed by atoms with Gasteiger partial charge in [0.05, 0.1) is 5.56 Å². The summed E-state index contributed by atoms with van der Waals surface area (Å²) in [6, 6.07) is 6.32. The zero-order chi connectivity index (χ0) is 14.2. The minimum atomic E-state index is -0.537. The van der Waals surface area contributed by atoms with Gasteiger partial charge in [0.1, 0.15) is 29.2 Å². The van der Waals surface area contributed by atoms with Crippen LogP contribution in [0.1, 0.15) is 31.3 Å². The van der Waals surface area contributed by atoms with Gasteiger partial charge in [-0.25, -0.2) is 9.37 Å². The Morgan fingerprint density at radius 1 is 1.42 bits per heavy atom. The van der Waals surface area contributed by atoms with E-state index >= 15 is 0 Å². The van der Waals surface area contributed by atoms with Crippen LogP contribution < -0.4 is 5.73 Å². The third-order valence-corrected chi connectivity index (χ3v) is 3.00. The average Bonchev–Trinajstić information content (AvgIpc) is 2.65. The van der Waals surface area contributed by atoms with E-state index in [1.165, 1.54) is 12.1 Å². The first kappa shape index (κ1) is 13.1. The summed E-state index contributed by atoms with van der Waals surface area (Å²) < 4.78 is 15.2. The lowest BCUT2D eigenvalue weighted by atomic mass is 10.1. The number of halogens is 1. The number of nitrogens with zero attached hydrogens (tertiary/aromatic N) is 3. The summed E-state index contributed by atoms with van der Waals surface area (Å²) in [6.45, 7) is 5.90. The Kier molecular flexibility index (Phi) is 3.26. The molecule has 0 atom stereocenters. The largest absolute Gasteiger partial charge is 0.383 e. The standard InChI is InChI=1S/C14H15FN4/c1-8(2)19-9(3)18-13(14(19)17)10-4-5-12(15)11(6-10)7-16/h4-6,8H,17H2,1-3H3. The van der Waals surface area contributed by atoms with E-state index in [-0.39, 0.29) is 11.6 Å². The van der Waals surface area contributed by atoms with Crippen molar-refractivity contribution in [1.82, 2.24) is 9.55 Å². The fourth-order valence-electron chi connectivity index (χ4n) is 2.18. The number of hydrogen-bond donors (Lipinski definition) is 1. The van der Waals surface area contributed by atoms with E-state index in [0.717, 1.165) is 5.82 Å². The Balaban J connectivity index is 2.61. The summed E-state index contributed by atoms with van der Waals surface area (Å²) >= 11 is 0. The number of imidazole rings is 1. The first-order valence-electron chi connectivity index (χ1n) is 6.00. The lowest BCUT2D eigenvalue weighted by molar-refractivity contribution is 0.590. The van der Waals surface area contributed by atoms with Crippen LogP contribution in [0.5, 0.6) is 0 Å². The average molecular weight is 258 g/mol. The van der Waals surface area contributed by atoms with Gasteiger partial charge in [-0.3, -0.25) is 0 Å². The van der Waals surface area contributed by atoms with E-state index in [9.17, 15) is 4.39 Å². The third-order valence-electron chi connectivity index (χ3n) is 3.00. The molecule has 19 heavy (non-hydrogen) atoms. The predicted octanol–water partition coefficient (Wildman–Crippen LogP) is 3.03. The molecule has 1 heterocycles. The number of nitrogen functional groups attached to an aromatic ring is 1. The van der Waals surface area contributed by atoms with E-state index in [1.807, 2.05) is 31.4 Å².